The Labute approximate surface area is 127 Å². The van der Waals surface area contributed by atoms with E-state index >= 15 is 0 Å². The van der Waals surface area contributed by atoms with E-state index in [9.17, 15) is 0 Å². The summed E-state index contributed by atoms with van der Waals surface area (Å²) in [5.74, 6) is 2.39. The lowest BCUT2D eigenvalue weighted by molar-refractivity contribution is 0.964. The molecule has 0 amide bonds. The van der Waals surface area contributed by atoms with Gasteiger partial charge in [-0.2, -0.15) is 0 Å². The minimum Gasteiger partial charge on any atom is -0.370 e. The molecule has 0 spiro atoms. The monoisotopic (exact) mass is 310 g/mol. The molecule has 1 N–H and O–H groups in total. The van der Waals surface area contributed by atoms with Gasteiger partial charge in [0.2, 0.25) is 5.13 Å². The highest BCUT2D eigenvalue weighted by atomic mass is 32.2. The molecule has 0 unspecified atom stereocenters. The van der Waals surface area contributed by atoms with Crippen LogP contribution in [0.4, 0.5) is 10.9 Å². The van der Waals surface area contributed by atoms with Crippen molar-refractivity contribution in [1.82, 2.24) is 20.2 Å². The molecule has 20 heavy (non-hydrogen) atoms. The zero-order valence-corrected chi connectivity index (χ0v) is 13.7. The molecule has 0 aliphatic carbocycles. The number of hydrogen-bond acceptors (Lipinski definition) is 8. The van der Waals surface area contributed by atoms with E-state index in [0.29, 0.717) is 5.75 Å². The molecular weight excluding hydrogens is 292 g/mol. The molecule has 8 heteroatoms. The van der Waals surface area contributed by atoms with Gasteiger partial charge in [0.15, 0.2) is 4.34 Å². The van der Waals surface area contributed by atoms with Crippen LogP contribution >= 0.6 is 23.1 Å². The number of thioether (sulfide) groups is 1. The van der Waals surface area contributed by atoms with Crippen molar-refractivity contribution in [2.24, 2.45) is 0 Å². The van der Waals surface area contributed by atoms with E-state index in [-0.39, 0.29) is 0 Å². The first kappa shape index (κ1) is 15.0. The standard InChI is InChI=1S/C12H18N6S2/c1-5-13-9-6-8(2)14-10(15-9)7-19-12-17-16-11(20-12)18(3)4/h6H,5,7H2,1-4H3,(H,13,14,15). The van der Waals surface area contributed by atoms with Gasteiger partial charge in [-0.1, -0.05) is 23.1 Å². The molecule has 0 aliphatic rings. The molecule has 6 nitrogen and oxygen atoms in total. The molecule has 0 atom stereocenters. The van der Waals surface area contributed by atoms with E-state index in [1.807, 2.05) is 32.0 Å². The molecule has 0 aliphatic heterocycles. The van der Waals surface area contributed by atoms with Crippen molar-refractivity contribution in [2.45, 2.75) is 23.9 Å². The minimum absolute atomic E-state index is 0.697. The summed E-state index contributed by atoms with van der Waals surface area (Å²) in [6, 6.07) is 1.95. The van der Waals surface area contributed by atoms with Crippen LogP contribution in [0.15, 0.2) is 10.4 Å². The third-order valence-electron chi connectivity index (χ3n) is 2.36. The van der Waals surface area contributed by atoms with Crippen LogP contribution in [0.2, 0.25) is 0 Å². The third-order valence-corrected chi connectivity index (χ3v) is 4.58. The number of rotatable bonds is 6. The van der Waals surface area contributed by atoms with Gasteiger partial charge in [0.05, 0.1) is 5.75 Å². The zero-order valence-electron chi connectivity index (χ0n) is 12.0. The third kappa shape index (κ3) is 4.04. The van der Waals surface area contributed by atoms with Crippen LogP contribution in [0.25, 0.3) is 0 Å². The van der Waals surface area contributed by atoms with Crippen LogP contribution in [0, 0.1) is 6.92 Å². The predicted molar refractivity (Wildman–Crippen MR) is 84.7 cm³/mol. The Morgan fingerprint density at radius 3 is 2.75 bits per heavy atom. The molecule has 2 aromatic rings. The first-order valence-corrected chi connectivity index (χ1v) is 8.10. The highest BCUT2D eigenvalue weighted by molar-refractivity contribution is 8.00. The SMILES string of the molecule is CCNc1cc(C)nc(CSc2nnc(N(C)C)s2)n1. The first-order valence-electron chi connectivity index (χ1n) is 6.30. The van der Waals surface area contributed by atoms with Crippen LogP contribution in [-0.4, -0.2) is 40.8 Å². The number of anilines is 2. The average molecular weight is 310 g/mol. The Kier molecular flexibility index (Phi) is 5.13. The summed E-state index contributed by atoms with van der Waals surface area (Å²) in [6.07, 6.45) is 0. The Bertz CT molecular complexity index is 569. The van der Waals surface area contributed by atoms with Gasteiger partial charge in [0.1, 0.15) is 11.6 Å². The molecule has 0 radical (unpaired) electrons. The van der Waals surface area contributed by atoms with Gasteiger partial charge in [0.25, 0.3) is 0 Å². The molecule has 2 aromatic heterocycles. The molecule has 0 fully saturated rings. The number of nitrogens with zero attached hydrogens (tertiary/aromatic N) is 5. The van der Waals surface area contributed by atoms with Gasteiger partial charge in [-0.3, -0.25) is 0 Å². The molecule has 2 heterocycles. The number of hydrogen-bond donors (Lipinski definition) is 1. The molecule has 0 saturated heterocycles. The largest absolute Gasteiger partial charge is 0.370 e. The lowest BCUT2D eigenvalue weighted by atomic mass is 10.4. The highest BCUT2D eigenvalue weighted by Crippen LogP contribution is 2.28. The molecular formula is C12H18N6S2. The maximum Gasteiger partial charge on any atom is 0.208 e. The van der Waals surface area contributed by atoms with E-state index in [2.05, 4.69) is 32.4 Å². The Hall–Kier alpha value is -1.41. The summed E-state index contributed by atoms with van der Waals surface area (Å²) in [4.78, 5) is 10.9. The van der Waals surface area contributed by atoms with Gasteiger partial charge in [-0.15, -0.1) is 10.2 Å². The van der Waals surface area contributed by atoms with Gasteiger partial charge in [-0.25, -0.2) is 9.97 Å². The Morgan fingerprint density at radius 1 is 1.30 bits per heavy atom. The smallest absolute Gasteiger partial charge is 0.208 e. The van der Waals surface area contributed by atoms with Crippen LogP contribution < -0.4 is 10.2 Å². The van der Waals surface area contributed by atoms with Crippen molar-refractivity contribution in [3.63, 3.8) is 0 Å². The van der Waals surface area contributed by atoms with Crippen LogP contribution in [0.5, 0.6) is 0 Å². The van der Waals surface area contributed by atoms with E-state index in [4.69, 9.17) is 0 Å². The van der Waals surface area contributed by atoms with Crippen molar-refractivity contribution in [2.75, 3.05) is 30.9 Å². The molecule has 0 aromatic carbocycles. The fraction of sp³-hybridized carbons (Fsp3) is 0.500. The Balaban J connectivity index is 2.02. The zero-order chi connectivity index (χ0) is 14.5. The number of nitrogens with one attached hydrogen (secondary N) is 1. The van der Waals surface area contributed by atoms with Crippen molar-refractivity contribution in [1.29, 1.82) is 0 Å². The van der Waals surface area contributed by atoms with Gasteiger partial charge >= 0.3 is 0 Å². The lowest BCUT2D eigenvalue weighted by Crippen LogP contribution is -2.07. The van der Waals surface area contributed by atoms with Crippen LogP contribution in [-0.2, 0) is 5.75 Å². The first-order chi connectivity index (χ1) is 9.58. The predicted octanol–water partition coefficient (Wildman–Crippen LogP) is 2.43. The second-order valence-electron chi connectivity index (χ2n) is 4.37. The van der Waals surface area contributed by atoms with Crippen molar-refractivity contribution in [3.05, 3.63) is 17.6 Å². The Morgan fingerprint density at radius 2 is 2.10 bits per heavy atom. The van der Waals surface area contributed by atoms with Crippen molar-refractivity contribution < 1.29 is 0 Å². The van der Waals surface area contributed by atoms with Crippen molar-refractivity contribution in [3.8, 4) is 0 Å². The maximum atomic E-state index is 4.48. The summed E-state index contributed by atoms with van der Waals surface area (Å²) in [6.45, 7) is 4.88. The van der Waals surface area contributed by atoms with Gasteiger partial charge in [-0.05, 0) is 13.8 Å². The maximum absolute atomic E-state index is 4.48. The molecule has 0 bridgehead atoms. The fourth-order valence-corrected chi connectivity index (χ4v) is 3.15. The quantitative estimate of drug-likeness (QED) is 0.822. The van der Waals surface area contributed by atoms with Crippen molar-refractivity contribution >= 4 is 34.0 Å². The summed E-state index contributed by atoms with van der Waals surface area (Å²) >= 11 is 3.19. The summed E-state index contributed by atoms with van der Waals surface area (Å²) in [5, 5.41) is 12.4. The second kappa shape index (κ2) is 6.85. The van der Waals surface area contributed by atoms with E-state index in [0.717, 1.165) is 33.4 Å². The van der Waals surface area contributed by atoms with Crippen LogP contribution in [0.3, 0.4) is 0 Å². The van der Waals surface area contributed by atoms with Gasteiger partial charge in [0, 0.05) is 32.4 Å². The van der Waals surface area contributed by atoms with Gasteiger partial charge < -0.3 is 10.2 Å². The van der Waals surface area contributed by atoms with Crippen LogP contribution in [0.1, 0.15) is 18.4 Å². The molecule has 0 saturated carbocycles. The van der Waals surface area contributed by atoms with E-state index < -0.39 is 0 Å². The average Bonchev–Trinajstić information content (AvgIpc) is 2.85. The lowest BCUT2D eigenvalue weighted by Gasteiger charge is -2.06. The normalized spacial score (nSPS) is 10.6. The van der Waals surface area contributed by atoms with E-state index in [1.165, 1.54) is 0 Å². The number of aromatic nitrogens is 4. The molecule has 108 valence electrons. The topological polar surface area (TPSA) is 66.8 Å². The number of aryl methyl sites for hydroxylation is 1. The second-order valence-corrected chi connectivity index (χ2v) is 6.55. The highest BCUT2D eigenvalue weighted by Gasteiger charge is 2.08. The fourth-order valence-electron chi connectivity index (χ4n) is 1.53. The minimum atomic E-state index is 0.697. The summed E-state index contributed by atoms with van der Waals surface area (Å²) in [7, 11) is 3.92. The summed E-state index contributed by atoms with van der Waals surface area (Å²) in [5.41, 5.74) is 0.970. The summed E-state index contributed by atoms with van der Waals surface area (Å²) < 4.78 is 0.934. The molecule has 2 rings (SSSR count). The van der Waals surface area contributed by atoms with E-state index in [1.54, 1.807) is 23.1 Å².